The number of ether oxygens (including phenoxy) is 18. The predicted octanol–water partition coefficient (Wildman–Crippen LogP) is 11.9. The zero-order chi connectivity index (χ0) is 105. The van der Waals surface area contributed by atoms with E-state index in [1.165, 1.54) is 6.08 Å². The number of hydrogen-bond acceptors (Lipinski definition) is 36. The molecular formula is C108H136O36. The Morgan fingerprint density at radius 3 is 1.35 bits per heavy atom. The van der Waals surface area contributed by atoms with E-state index in [1.807, 2.05) is 41.5 Å². The van der Waals surface area contributed by atoms with Gasteiger partial charge in [-0.05, 0) is 196 Å². The highest BCUT2D eigenvalue weighted by Crippen LogP contribution is 2.65. The quantitative estimate of drug-likeness (QED) is 0.0658. The molecule has 36 nitrogen and oxygen atoms in total. The van der Waals surface area contributed by atoms with Gasteiger partial charge in [0.25, 0.3) is 0 Å². The average Bonchev–Trinajstić information content (AvgIpc) is 1.54. The fourth-order valence-electron chi connectivity index (χ4n) is 26.6. The largest absolute Gasteiger partial charge is 0.465 e. The van der Waals surface area contributed by atoms with Crippen LogP contribution in [0.1, 0.15) is 230 Å². The number of cyclic esters (lactones) is 2. The summed E-state index contributed by atoms with van der Waals surface area (Å²) in [7, 11) is 0. The summed E-state index contributed by atoms with van der Waals surface area (Å²) in [5.74, 6) is -2.02. The first kappa shape index (κ1) is 108. The molecule has 0 radical (unpaired) electrons. The lowest BCUT2D eigenvalue weighted by atomic mass is 9.71. The molecule has 35 atom stereocenters. The van der Waals surface area contributed by atoms with E-state index in [1.54, 1.807) is 27.7 Å². The van der Waals surface area contributed by atoms with Gasteiger partial charge in [0.1, 0.15) is 89.0 Å². The van der Waals surface area contributed by atoms with E-state index < -0.39 is 75.4 Å². The Labute approximate surface area is 836 Å². The van der Waals surface area contributed by atoms with E-state index >= 15 is 0 Å². The molecule has 22 rings (SSSR count). The molecule has 13 saturated carbocycles. The van der Waals surface area contributed by atoms with Gasteiger partial charge < -0.3 is 85.3 Å². The fourth-order valence-corrected chi connectivity index (χ4v) is 26.6. The van der Waals surface area contributed by atoms with Gasteiger partial charge in [-0.3, -0.25) is 43.2 Å². The molecule has 0 aromatic rings. The maximum absolute atomic E-state index is 11.7. The van der Waals surface area contributed by atoms with Crippen LogP contribution in [0.25, 0.3) is 0 Å². The standard InChI is InChI=1S/3C13H16O4.C13H18O4.C12H14O4.2C12H16O4.2C10H12O4/c1-6(2)12(14)17-10-4-7-3-8(10)9-5-16-13(15)11(7)9;1-6(2)12(14)17-10-4-7-3-8(10)11-9(7)5-16-13(11)15;1-3-10(14)17-13(4-2)7-5-8-9(6-7)12(15)16-11(8)13;1-8(2)10(14)16-12(3)6-5-9-7-13(12,4)17-11(9)15;1-3-8(13)15-10-9-6-4-12(10,2)5-7(6)11(14)16-9;1-7(2)10(13)15-9-5-4-8-6-12(9,3)16-11(8)14;1-4-9(13)15-11(2)6-5-8-7-12(11,3)16-10(8)14;2*1-2-9(11)13-7-4-3-6-5-8(7)14-10(6)12/h2*7-11H,1,3-5H2,2H3;3,7-9,11H,1,4-6H2,2H3;9H,1,5-7H2,2-4H3;3,6-7,9-10H,1,4-5H2,2H3;8-9H,1,4-6H2,2-3H3;4,8H,1,5-7H2,2-3H3;2*2,6-8H,1,3-5H2. The SMILES string of the molecule is C=C(C)C(=O)OC1(C)CCC2CC1(C)OC2=O.C=C(C)C(=O)OC1CC2CC1C1C(=O)OCC21.C=C(C)C(=O)OC1CC2CC1C1COC(=O)C21.C=C(C)C(=O)OC1CCC2CC1(C)OC2=O.C=CC(=O)OC1(C)CCC2CC1(C)OC2=O.C=CC(=O)OC1(CC)C2CC3C(=O)OC1C3C2.C=CC(=O)OC1C2OC(=O)C3CC1(C)CC32.C=CC(=O)OC1CCC2CC1OC2=O.C=CC(=O)OC1CCC2CC1OC2=O. The highest BCUT2D eigenvalue weighted by molar-refractivity contribution is 5.91. The monoisotopic (exact) mass is 2010 g/mol. The third kappa shape index (κ3) is 21.3. The molecule has 9 saturated heterocycles. The van der Waals surface area contributed by atoms with Crippen LogP contribution < -0.4 is 0 Å². The van der Waals surface area contributed by atoms with Gasteiger partial charge in [0.15, 0.2) is 5.60 Å². The lowest BCUT2D eigenvalue weighted by Gasteiger charge is -2.43. The van der Waals surface area contributed by atoms with Gasteiger partial charge in [-0.2, -0.15) is 0 Å². The van der Waals surface area contributed by atoms with E-state index in [0.29, 0.717) is 136 Å². The minimum absolute atomic E-state index is 0.00946. The number of fused-ring (bicyclic) bond motifs is 22. The van der Waals surface area contributed by atoms with Crippen molar-refractivity contribution >= 4 is 107 Å². The summed E-state index contributed by atoms with van der Waals surface area (Å²) >= 11 is 0. The average molecular weight is 2010 g/mol. The van der Waals surface area contributed by atoms with Crippen LogP contribution in [0.15, 0.2) is 112 Å². The second-order valence-electron chi connectivity index (χ2n) is 44.1. The van der Waals surface area contributed by atoms with Crippen LogP contribution in [0.4, 0.5) is 0 Å². The van der Waals surface area contributed by atoms with Gasteiger partial charge in [-0.25, -0.2) is 43.2 Å². The first-order valence-corrected chi connectivity index (χ1v) is 50.4. The second kappa shape index (κ2) is 42.3. The van der Waals surface area contributed by atoms with Crippen molar-refractivity contribution in [1.82, 2.24) is 0 Å². The molecule has 0 amide bonds. The van der Waals surface area contributed by atoms with Crippen LogP contribution in [0.2, 0.25) is 0 Å². The molecule has 784 valence electrons. The van der Waals surface area contributed by atoms with E-state index in [9.17, 15) is 86.3 Å². The zero-order valence-corrected chi connectivity index (χ0v) is 84.0. The van der Waals surface area contributed by atoms with Gasteiger partial charge in [0.2, 0.25) is 0 Å². The molecule has 0 aromatic heterocycles. The first-order valence-electron chi connectivity index (χ1n) is 50.4. The number of hydrogen-bond donors (Lipinski definition) is 0. The molecule has 9 heterocycles. The highest BCUT2D eigenvalue weighted by atomic mass is 16.7. The predicted molar refractivity (Wildman–Crippen MR) is 500 cm³/mol. The Bertz CT molecular complexity index is 5220. The lowest BCUT2D eigenvalue weighted by Crippen LogP contribution is -2.54. The second-order valence-corrected chi connectivity index (χ2v) is 44.1. The Hall–Kier alpha value is -11.9. The van der Waals surface area contributed by atoms with Gasteiger partial charge in [-0.1, -0.05) is 73.1 Å². The van der Waals surface area contributed by atoms with Crippen molar-refractivity contribution in [3.63, 3.8) is 0 Å². The summed E-state index contributed by atoms with van der Waals surface area (Å²) in [5.41, 5.74) is -2.61. The normalized spacial score (nSPS) is 40.8. The molecule has 0 spiro atoms. The van der Waals surface area contributed by atoms with Gasteiger partial charge in [0.05, 0.1) is 66.5 Å². The van der Waals surface area contributed by atoms with Gasteiger partial charge >= 0.3 is 107 Å². The van der Waals surface area contributed by atoms with Crippen molar-refractivity contribution in [2.75, 3.05) is 13.2 Å². The number of carbonyl (C=O) groups excluding carboxylic acids is 18. The summed E-state index contributed by atoms with van der Waals surface area (Å²) in [6, 6.07) is 0. The number of esters is 18. The third-order valence-corrected chi connectivity index (χ3v) is 34.7. The van der Waals surface area contributed by atoms with Gasteiger partial charge in [0, 0.05) is 132 Å². The van der Waals surface area contributed by atoms with Crippen LogP contribution in [0.5, 0.6) is 0 Å². The first-order chi connectivity index (χ1) is 67.8. The summed E-state index contributed by atoms with van der Waals surface area (Å²) < 4.78 is 95.4. The molecule has 18 bridgehead atoms. The van der Waals surface area contributed by atoms with Crippen molar-refractivity contribution in [2.24, 2.45) is 112 Å². The van der Waals surface area contributed by atoms with Crippen molar-refractivity contribution in [1.29, 1.82) is 0 Å². The van der Waals surface area contributed by atoms with Crippen LogP contribution in [0.3, 0.4) is 0 Å². The third-order valence-electron chi connectivity index (χ3n) is 34.7. The fraction of sp³-hybridized carbons (Fsp3) is 0.667. The van der Waals surface area contributed by atoms with E-state index in [2.05, 4.69) is 66.1 Å². The minimum Gasteiger partial charge on any atom is -0.465 e. The van der Waals surface area contributed by atoms with Crippen molar-refractivity contribution in [3.8, 4) is 0 Å². The zero-order valence-electron chi connectivity index (χ0n) is 84.0. The maximum Gasteiger partial charge on any atom is 0.333 e. The number of carbonyl (C=O) groups is 18. The molecule has 0 aromatic carbocycles. The molecule has 9 aliphatic heterocycles. The summed E-state index contributed by atoms with van der Waals surface area (Å²) in [6.07, 6.45) is 21.7. The topological polar surface area (TPSA) is 473 Å². The summed E-state index contributed by atoms with van der Waals surface area (Å²) in [6.45, 7) is 51.9. The molecule has 144 heavy (non-hydrogen) atoms. The Balaban J connectivity index is 0.000000128. The van der Waals surface area contributed by atoms with Crippen molar-refractivity contribution in [2.45, 2.75) is 325 Å². The summed E-state index contributed by atoms with van der Waals surface area (Å²) in [5, 5.41) is 0. The van der Waals surface area contributed by atoms with Crippen LogP contribution in [-0.4, -0.2) is 215 Å². The Morgan fingerprint density at radius 1 is 0.361 bits per heavy atom. The van der Waals surface area contributed by atoms with Crippen LogP contribution in [0, 0.1) is 112 Å². The van der Waals surface area contributed by atoms with E-state index in [4.69, 9.17) is 85.3 Å². The Kier molecular flexibility index (Phi) is 31.7. The molecule has 0 N–H and O–H groups in total. The molecule has 36 heteroatoms. The smallest absolute Gasteiger partial charge is 0.333 e. The van der Waals surface area contributed by atoms with Crippen molar-refractivity contribution in [3.05, 3.63) is 112 Å². The van der Waals surface area contributed by atoms with Crippen LogP contribution in [-0.2, 0) is 172 Å². The molecule has 22 fully saturated rings. The Morgan fingerprint density at radius 2 is 0.819 bits per heavy atom. The lowest BCUT2D eigenvalue weighted by molar-refractivity contribution is -0.194. The van der Waals surface area contributed by atoms with E-state index in [0.717, 1.165) is 101 Å². The molecule has 13 aliphatic carbocycles. The highest BCUT2D eigenvalue weighted by Gasteiger charge is 2.72. The number of rotatable bonds is 19. The van der Waals surface area contributed by atoms with Crippen LogP contribution >= 0.6 is 0 Å². The van der Waals surface area contributed by atoms with Crippen molar-refractivity contribution < 1.29 is 172 Å². The maximum atomic E-state index is 11.7. The molecule has 35 unspecified atom stereocenters. The minimum atomic E-state index is -0.744. The molecule has 22 aliphatic rings. The summed E-state index contributed by atoms with van der Waals surface area (Å²) in [4.78, 5) is 205. The van der Waals surface area contributed by atoms with Gasteiger partial charge in [-0.15, -0.1) is 0 Å². The molecular weight excluding hydrogens is 1870 g/mol. The van der Waals surface area contributed by atoms with E-state index in [-0.39, 0.29) is 215 Å².